The highest BCUT2D eigenvalue weighted by molar-refractivity contribution is 6.35. The summed E-state index contributed by atoms with van der Waals surface area (Å²) in [5.74, 6) is -2.22. The number of benzene rings is 4. The zero-order valence-electron chi connectivity index (χ0n) is 23.6. The van der Waals surface area contributed by atoms with Crippen LogP contribution in [0.3, 0.4) is 0 Å². The maximum Gasteiger partial charge on any atom is 0.416 e. The van der Waals surface area contributed by atoms with Gasteiger partial charge >= 0.3 is 6.18 Å². The largest absolute Gasteiger partial charge is 0.483 e. The predicted molar refractivity (Wildman–Crippen MR) is 162 cm³/mol. The van der Waals surface area contributed by atoms with Gasteiger partial charge < -0.3 is 14.2 Å². The van der Waals surface area contributed by atoms with Gasteiger partial charge in [-0.1, -0.05) is 41.4 Å². The average Bonchev–Trinajstić information content (AvgIpc) is 2.99. The van der Waals surface area contributed by atoms with Crippen molar-refractivity contribution in [1.29, 1.82) is 0 Å². The summed E-state index contributed by atoms with van der Waals surface area (Å²) in [6.45, 7) is 1.47. The third-order valence-electron chi connectivity index (χ3n) is 7.21. The molecule has 0 N–H and O–H groups in total. The van der Waals surface area contributed by atoms with Crippen LogP contribution < -0.4 is 14.2 Å². The fourth-order valence-corrected chi connectivity index (χ4v) is 5.45. The normalized spacial score (nSPS) is 17.5. The lowest BCUT2D eigenvalue weighted by Gasteiger charge is -2.27. The number of hydrogen-bond donors (Lipinski definition) is 0. The Kier molecular flexibility index (Phi) is 9.51. The first-order chi connectivity index (χ1) is 21.4. The summed E-state index contributed by atoms with van der Waals surface area (Å²) in [5, 5.41) is 0.804. The fourth-order valence-electron chi connectivity index (χ4n) is 5.00. The Labute approximate surface area is 266 Å². The minimum absolute atomic E-state index is 0.00876. The molecule has 0 spiro atoms. The predicted octanol–water partition coefficient (Wildman–Crippen LogP) is 9.27. The summed E-state index contributed by atoms with van der Waals surface area (Å²) in [5.41, 5.74) is -0.252. The summed E-state index contributed by atoms with van der Waals surface area (Å²) in [4.78, 5) is 39.4. The molecule has 1 unspecified atom stereocenters. The first-order valence-electron chi connectivity index (χ1n) is 13.8. The molecule has 5 rings (SSSR count). The molecule has 1 fully saturated rings. The zero-order chi connectivity index (χ0) is 32.3. The van der Waals surface area contributed by atoms with E-state index in [1.54, 1.807) is 66.7 Å². The molecule has 1 aliphatic carbocycles. The molecule has 0 aromatic heterocycles. The van der Waals surface area contributed by atoms with Gasteiger partial charge in [0.1, 0.15) is 34.7 Å². The van der Waals surface area contributed by atoms with E-state index < -0.39 is 47.0 Å². The number of alkyl halides is 3. The lowest BCUT2D eigenvalue weighted by Crippen LogP contribution is -2.43. The van der Waals surface area contributed by atoms with E-state index in [1.807, 2.05) is 0 Å². The van der Waals surface area contributed by atoms with Gasteiger partial charge in [-0.15, -0.1) is 0 Å². The molecule has 1 atom stereocenters. The minimum Gasteiger partial charge on any atom is -0.483 e. The van der Waals surface area contributed by atoms with Gasteiger partial charge in [0.05, 0.1) is 10.6 Å². The molecule has 0 aliphatic heterocycles. The van der Waals surface area contributed by atoms with Gasteiger partial charge in [0.15, 0.2) is 23.5 Å². The van der Waals surface area contributed by atoms with Crippen LogP contribution >= 0.6 is 23.2 Å². The van der Waals surface area contributed by atoms with E-state index in [4.69, 9.17) is 37.4 Å². The van der Waals surface area contributed by atoms with E-state index in [9.17, 15) is 27.6 Å². The van der Waals surface area contributed by atoms with Crippen LogP contribution in [0.5, 0.6) is 28.7 Å². The second-order valence-corrected chi connectivity index (χ2v) is 11.3. The van der Waals surface area contributed by atoms with Crippen LogP contribution in [-0.2, 0) is 20.6 Å². The number of carbonyl (C=O) groups excluding carboxylic acids is 3. The van der Waals surface area contributed by atoms with Gasteiger partial charge in [-0.2, -0.15) is 13.2 Å². The molecule has 1 aliphatic rings. The standard InChI is InChI=1S/C34H25Cl2F3O6/c1-19(43-24-9-11-25(12-10-24)45-31-13-8-23(35)18-28(31)36)33(42)32-29(40)15-21(16-30(32)41)20-4-2-6-26(14-20)44-27-7-3-5-22(17-27)34(37,38)39/h2-14,17-19,21,32H,15-16H2,1H3. The Balaban J connectivity index is 1.20. The molecule has 6 nitrogen and oxygen atoms in total. The highest BCUT2D eigenvalue weighted by Gasteiger charge is 2.42. The molecule has 0 bridgehead atoms. The monoisotopic (exact) mass is 656 g/mol. The molecule has 0 heterocycles. The molecule has 232 valence electrons. The molecule has 0 radical (unpaired) electrons. The third kappa shape index (κ3) is 7.85. The second kappa shape index (κ2) is 13.3. The van der Waals surface area contributed by atoms with Crippen LogP contribution in [-0.4, -0.2) is 23.5 Å². The van der Waals surface area contributed by atoms with E-state index in [2.05, 4.69) is 0 Å². The van der Waals surface area contributed by atoms with E-state index in [0.717, 1.165) is 12.1 Å². The Bertz CT molecular complexity index is 1720. The first-order valence-corrected chi connectivity index (χ1v) is 14.6. The van der Waals surface area contributed by atoms with Crippen molar-refractivity contribution in [3.05, 3.63) is 112 Å². The van der Waals surface area contributed by atoms with Gasteiger partial charge in [-0.25, -0.2) is 0 Å². The lowest BCUT2D eigenvalue weighted by atomic mass is 9.74. The summed E-state index contributed by atoms with van der Waals surface area (Å²) in [6, 6.07) is 22.1. The number of ketones is 3. The van der Waals surface area contributed by atoms with Crippen molar-refractivity contribution in [3.63, 3.8) is 0 Å². The van der Waals surface area contributed by atoms with Crippen molar-refractivity contribution in [2.45, 2.75) is 38.0 Å². The Morgan fingerprint density at radius 1 is 0.778 bits per heavy atom. The van der Waals surface area contributed by atoms with Crippen molar-refractivity contribution < 1.29 is 41.8 Å². The number of Topliss-reactive ketones (excluding diaryl/α,β-unsaturated/α-hetero) is 3. The molecule has 1 saturated carbocycles. The number of ether oxygens (including phenoxy) is 3. The van der Waals surface area contributed by atoms with E-state index in [1.165, 1.54) is 19.1 Å². The maximum atomic E-state index is 13.2. The van der Waals surface area contributed by atoms with Crippen LogP contribution in [0.1, 0.15) is 36.8 Å². The van der Waals surface area contributed by atoms with Gasteiger partial charge in [0, 0.05) is 17.9 Å². The molecule has 0 amide bonds. The van der Waals surface area contributed by atoms with Crippen LogP contribution in [0, 0.1) is 5.92 Å². The van der Waals surface area contributed by atoms with E-state index >= 15 is 0 Å². The minimum atomic E-state index is -4.52. The summed E-state index contributed by atoms with van der Waals surface area (Å²) in [7, 11) is 0. The van der Waals surface area contributed by atoms with Crippen molar-refractivity contribution in [2.75, 3.05) is 0 Å². The van der Waals surface area contributed by atoms with Gasteiger partial charge in [-0.05, 0) is 91.2 Å². The summed E-state index contributed by atoms with van der Waals surface area (Å²) < 4.78 is 56.3. The SMILES string of the molecule is CC(Oc1ccc(Oc2ccc(Cl)cc2Cl)cc1)C(=O)C1C(=O)CC(c2cccc(Oc3cccc(C(F)(F)F)c3)c2)CC1=O. The number of halogens is 5. The zero-order valence-corrected chi connectivity index (χ0v) is 25.2. The molecule has 4 aromatic carbocycles. The smallest absolute Gasteiger partial charge is 0.416 e. The average molecular weight is 657 g/mol. The van der Waals surface area contributed by atoms with Gasteiger partial charge in [0.2, 0.25) is 0 Å². The van der Waals surface area contributed by atoms with E-state index in [-0.39, 0.29) is 24.3 Å². The molecular weight excluding hydrogens is 632 g/mol. The Morgan fingerprint density at radius 2 is 1.40 bits per heavy atom. The Morgan fingerprint density at radius 3 is 2.04 bits per heavy atom. The number of rotatable bonds is 9. The Hall–Kier alpha value is -4.34. The topological polar surface area (TPSA) is 78.9 Å². The maximum absolute atomic E-state index is 13.2. The summed E-state index contributed by atoms with van der Waals surface area (Å²) in [6.07, 6.45) is -5.74. The molecular formula is C34H25Cl2F3O6. The number of hydrogen-bond acceptors (Lipinski definition) is 6. The van der Waals surface area contributed by atoms with Crippen LogP contribution in [0.4, 0.5) is 13.2 Å². The summed E-state index contributed by atoms with van der Waals surface area (Å²) >= 11 is 12.1. The second-order valence-electron chi connectivity index (χ2n) is 10.5. The quantitative estimate of drug-likeness (QED) is 0.167. The highest BCUT2D eigenvalue weighted by Crippen LogP contribution is 2.37. The van der Waals surface area contributed by atoms with Crippen molar-refractivity contribution in [1.82, 2.24) is 0 Å². The first kappa shape index (κ1) is 32.1. The lowest BCUT2D eigenvalue weighted by molar-refractivity contribution is -0.145. The van der Waals surface area contributed by atoms with Gasteiger partial charge in [-0.3, -0.25) is 14.4 Å². The fraction of sp³-hybridized carbons (Fsp3) is 0.206. The number of carbonyl (C=O) groups is 3. The van der Waals surface area contributed by atoms with Crippen LogP contribution in [0.15, 0.2) is 91.0 Å². The molecule has 0 saturated heterocycles. The molecule has 11 heteroatoms. The van der Waals surface area contributed by atoms with E-state index in [0.29, 0.717) is 32.9 Å². The van der Waals surface area contributed by atoms with Crippen molar-refractivity contribution in [2.24, 2.45) is 5.92 Å². The van der Waals surface area contributed by atoms with Gasteiger partial charge in [0.25, 0.3) is 0 Å². The highest BCUT2D eigenvalue weighted by atomic mass is 35.5. The van der Waals surface area contributed by atoms with Crippen molar-refractivity contribution >= 4 is 40.6 Å². The molecule has 4 aromatic rings. The third-order valence-corrected chi connectivity index (χ3v) is 7.74. The van der Waals surface area contributed by atoms with Crippen LogP contribution in [0.25, 0.3) is 0 Å². The molecule has 45 heavy (non-hydrogen) atoms. The van der Waals surface area contributed by atoms with Crippen LogP contribution in [0.2, 0.25) is 10.0 Å². The van der Waals surface area contributed by atoms with Crippen molar-refractivity contribution in [3.8, 4) is 28.7 Å².